The SMILES string of the molecule is CCCC(C)(C)Nc1ccc(C(=O)OCC)cn1. The van der Waals surface area contributed by atoms with Gasteiger partial charge < -0.3 is 10.1 Å². The van der Waals surface area contributed by atoms with Crippen molar-refractivity contribution in [1.29, 1.82) is 0 Å². The summed E-state index contributed by atoms with van der Waals surface area (Å²) in [6, 6.07) is 3.54. The van der Waals surface area contributed by atoms with Gasteiger partial charge in [-0.1, -0.05) is 13.3 Å². The third-order valence-electron chi connectivity index (χ3n) is 2.62. The van der Waals surface area contributed by atoms with Crippen molar-refractivity contribution in [3.8, 4) is 0 Å². The number of aromatic nitrogens is 1. The summed E-state index contributed by atoms with van der Waals surface area (Å²) in [6.45, 7) is 8.59. The molecule has 100 valence electrons. The van der Waals surface area contributed by atoms with Crippen LogP contribution in [0.5, 0.6) is 0 Å². The number of carbonyl (C=O) groups excluding carboxylic acids is 1. The van der Waals surface area contributed by atoms with Crippen LogP contribution < -0.4 is 5.32 Å². The van der Waals surface area contributed by atoms with Crippen LogP contribution in [0.3, 0.4) is 0 Å². The number of nitrogens with one attached hydrogen (secondary N) is 1. The molecule has 4 heteroatoms. The summed E-state index contributed by atoms with van der Waals surface area (Å²) in [5.74, 6) is 0.450. The van der Waals surface area contributed by atoms with Crippen LogP contribution in [0, 0.1) is 0 Å². The van der Waals surface area contributed by atoms with Crippen LogP contribution in [-0.4, -0.2) is 23.1 Å². The second-order valence-electron chi connectivity index (χ2n) is 4.91. The van der Waals surface area contributed by atoms with E-state index in [2.05, 4.69) is 31.1 Å². The molecule has 18 heavy (non-hydrogen) atoms. The molecule has 0 aromatic carbocycles. The molecule has 0 aliphatic heterocycles. The Balaban J connectivity index is 2.68. The van der Waals surface area contributed by atoms with E-state index in [1.165, 1.54) is 0 Å². The largest absolute Gasteiger partial charge is 0.462 e. The molecule has 0 aliphatic rings. The Kier molecular flexibility index (Phi) is 5.13. The van der Waals surface area contributed by atoms with Crippen molar-refractivity contribution >= 4 is 11.8 Å². The van der Waals surface area contributed by atoms with E-state index in [0.29, 0.717) is 12.2 Å². The van der Waals surface area contributed by atoms with E-state index in [4.69, 9.17) is 4.74 Å². The highest BCUT2D eigenvalue weighted by Gasteiger charge is 2.16. The molecule has 4 nitrogen and oxygen atoms in total. The van der Waals surface area contributed by atoms with Crippen LogP contribution in [-0.2, 0) is 4.74 Å². The van der Waals surface area contributed by atoms with Crippen molar-refractivity contribution in [3.63, 3.8) is 0 Å². The van der Waals surface area contributed by atoms with Crippen LogP contribution in [0.25, 0.3) is 0 Å². The lowest BCUT2D eigenvalue weighted by atomic mass is 9.99. The molecule has 1 N–H and O–H groups in total. The first-order valence-electron chi connectivity index (χ1n) is 6.40. The quantitative estimate of drug-likeness (QED) is 0.787. The standard InChI is InChI=1S/C14H22N2O2/c1-5-9-14(3,4)16-12-8-7-11(10-15-12)13(17)18-6-2/h7-8,10H,5-6,9H2,1-4H3,(H,15,16). The number of hydrogen-bond donors (Lipinski definition) is 1. The maximum atomic E-state index is 11.5. The summed E-state index contributed by atoms with van der Waals surface area (Å²) in [7, 11) is 0. The van der Waals surface area contributed by atoms with Crippen molar-refractivity contribution in [2.45, 2.75) is 46.1 Å². The van der Waals surface area contributed by atoms with Crippen molar-refractivity contribution < 1.29 is 9.53 Å². The van der Waals surface area contributed by atoms with Gasteiger partial charge in [-0.05, 0) is 39.3 Å². The molecule has 0 saturated heterocycles. The van der Waals surface area contributed by atoms with Crippen LogP contribution >= 0.6 is 0 Å². The second-order valence-corrected chi connectivity index (χ2v) is 4.91. The van der Waals surface area contributed by atoms with E-state index in [1.54, 1.807) is 19.2 Å². The van der Waals surface area contributed by atoms with Gasteiger partial charge in [0.2, 0.25) is 0 Å². The Morgan fingerprint density at radius 2 is 2.11 bits per heavy atom. The normalized spacial score (nSPS) is 11.1. The minimum Gasteiger partial charge on any atom is -0.462 e. The van der Waals surface area contributed by atoms with Crippen molar-refractivity contribution in [1.82, 2.24) is 4.98 Å². The summed E-state index contributed by atoms with van der Waals surface area (Å²) in [5, 5.41) is 3.35. The first-order valence-corrected chi connectivity index (χ1v) is 6.40. The predicted molar refractivity (Wildman–Crippen MR) is 72.8 cm³/mol. The average Bonchev–Trinajstić information content (AvgIpc) is 2.29. The molecule has 1 aromatic rings. The smallest absolute Gasteiger partial charge is 0.339 e. The Morgan fingerprint density at radius 1 is 1.39 bits per heavy atom. The highest BCUT2D eigenvalue weighted by molar-refractivity contribution is 5.89. The van der Waals surface area contributed by atoms with Gasteiger partial charge in [0.1, 0.15) is 5.82 Å². The summed E-state index contributed by atoms with van der Waals surface area (Å²) in [4.78, 5) is 15.7. The Hall–Kier alpha value is -1.58. The van der Waals surface area contributed by atoms with E-state index in [-0.39, 0.29) is 11.5 Å². The number of hydrogen-bond acceptors (Lipinski definition) is 4. The Labute approximate surface area is 109 Å². The molecule has 0 unspecified atom stereocenters. The molecule has 0 spiro atoms. The lowest BCUT2D eigenvalue weighted by molar-refractivity contribution is 0.0526. The van der Waals surface area contributed by atoms with E-state index in [0.717, 1.165) is 18.7 Å². The predicted octanol–water partition coefficient (Wildman–Crippen LogP) is 3.25. The highest BCUT2D eigenvalue weighted by Crippen LogP contribution is 2.18. The topological polar surface area (TPSA) is 51.2 Å². The zero-order valence-electron chi connectivity index (χ0n) is 11.6. The van der Waals surface area contributed by atoms with Gasteiger partial charge in [-0.2, -0.15) is 0 Å². The lowest BCUT2D eigenvalue weighted by Gasteiger charge is -2.26. The first kappa shape index (κ1) is 14.5. The van der Waals surface area contributed by atoms with Crippen LogP contribution in [0.1, 0.15) is 50.9 Å². The zero-order chi connectivity index (χ0) is 13.6. The van der Waals surface area contributed by atoms with E-state index in [1.807, 2.05) is 6.07 Å². The summed E-state index contributed by atoms with van der Waals surface area (Å²) < 4.78 is 4.91. The van der Waals surface area contributed by atoms with Crippen LogP contribution in [0.15, 0.2) is 18.3 Å². The van der Waals surface area contributed by atoms with Gasteiger partial charge in [0, 0.05) is 11.7 Å². The molecule has 0 fully saturated rings. The summed E-state index contributed by atoms with van der Waals surface area (Å²) in [6.07, 6.45) is 3.72. The fraction of sp³-hybridized carbons (Fsp3) is 0.571. The molecule has 1 rings (SSSR count). The molecule has 0 radical (unpaired) electrons. The average molecular weight is 250 g/mol. The Morgan fingerprint density at radius 3 is 2.61 bits per heavy atom. The number of esters is 1. The zero-order valence-corrected chi connectivity index (χ0v) is 11.6. The molecule has 0 bridgehead atoms. The van der Waals surface area contributed by atoms with Crippen molar-refractivity contribution in [3.05, 3.63) is 23.9 Å². The van der Waals surface area contributed by atoms with Crippen molar-refractivity contribution in [2.75, 3.05) is 11.9 Å². The van der Waals surface area contributed by atoms with Crippen LogP contribution in [0.2, 0.25) is 0 Å². The molecule has 1 aromatic heterocycles. The Bertz CT molecular complexity index is 385. The number of nitrogens with zero attached hydrogens (tertiary/aromatic N) is 1. The molecule has 1 heterocycles. The molecular formula is C14H22N2O2. The molecule has 0 atom stereocenters. The minimum absolute atomic E-state index is 0.00714. The first-order chi connectivity index (χ1) is 8.48. The van der Waals surface area contributed by atoms with E-state index >= 15 is 0 Å². The molecule has 0 aliphatic carbocycles. The minimum atomic E-state index is -0.329. The third kappa shape index (κ3) is 4.35. The van der Waals surface area contributed by atoms with E-state index in [9.17, 15) is 4.79 Å². The van der Waals surface area contributed by atoms with Crippen molar-refractivity contribution in [2.24, 2.45) is 0 Å². The molecular weight excluding hydrogens is 228 g/mol. The van der Waals surface area contributed by atoms with Gasteiger partial charge in [0.15, 0.2) is 0 Å². The number of ether oxygens (including phenoxy) is 1. The van der Waals surface area contributed by atoms with Crippen LogP contribution in [0.4, 0.5) is 5.82 Å². The highest BCUT2D eigenvalue weighted by atomic mass is 16.5. The van der Waals surface area contributed by atoms with Gasteiger partial charge in [-0.25, -0.2) is 9.78 Å². The number of rotatable bonds is 6. The lowest BCUT2D eigenvalue weighted by Crippen LogP contribution is -2.30. The van der Waals surface area contributed by atoms with Gasteiger partial charge >= 0.3 is 5.97 Å². The maximum Gasteiger partial charge on any atom is 0.339 e. The fourth-order valence-electron chi connectivity index (χ4n) is 1.84. The summed E-state index contributed by atoms with van der Waals surface area (Å²) in [5.41, 5.74) is 0.489. The van der Waals surface area contributed by atoms with Gasteiger partial charge in [0.05, 0.1) is 12.2 Å². The number of pyridine rings is 1. The monoisotopic (exact) mass is 250 g/mol. The molecule has 0 saturated carbocycles. The van der Waals surface area contributed by atoms with E-state index < -0.39 is 0 Å². The summed E-state index contributed by atoms with van der Waals surface area (Å²) >= 11 is 0. The second kappa shape index (κ2) is 6.38. The molecule has 0 amide bonds. The number of carbonyl (C=O) groups is 1. The maximum absolute atomic E-state index is 11.5. The fourth-order valence-corrected chi connectivity index (χ4v) is 1.84. The van der Waals surface area contributed by atoms with Gasteiger partial charge in [0.25, 0.3) is 0 Å². The van der Waals surface area contributed by atoms with Gasteiger partial charge in [-0.15, -0.1) is 0 Å². The third-order valence-corrected chi connectivity index (χ3v) is 2.62. The van der Waals surface area contributed by atoms with Gasteiger partial charge in [-0.3, -0.25) is 0 Å². The number of anilines is 1.